The van der Waals surface area contributed by atoms with Gasteiger partial charge in [-0.25, -0.2) is 4.79 Å². The number of carbonyl (C=O) groups is 3. The first-order valence-electron chi connectivity index (χ1n) is 11.2. The van der Waals surface area contributed by atoms with Crippen molar-refractivity contribution in [3.8, 4) is 5.75 Å². The molecule has 0 heterocycles. The monoisotopic (exact) mass is 464 g/mol. The second kappa shape index (κ2) is 11.1. The van der Waals surface area contributed by atoms with Crippen LogP contribution in [-0.2, 0) is 9.53 Å². The zero-order chi connectivity index (χ0) is 24.6. The maximum atomic E-state index is 13.0. The summed E-state index contributed by atoms with van der Waals surface area (Å²) in [5, 5.41) is 0. The first kappa shape index (κ1) is 23.6. The van der Waals surface area contributed by atoms with Gasteiger partial charge in [0.15, 0.2) is 12.4 Å². The van der Waals surface area contributed by atoms with Crippen molar-refractivity contribution in [1.82, 2.24) is 0 Å². The van der Waals surface area contributed by atoms with E-state index in [0.717, 1.165) is 16.7 Å². The van der Waals surface area contributed by atoms with Crippen LogP contribution in [0.2, 0.25) is 0 Å². The highest BCUT2D eigenvalue weighted by Crippen LogP contribution is 2.26. The summed E-state index contributed by atoms with van der Waals surface area (Å²) in [5.41, 5.74) is 3.41. The van der Waals surface area contributed by atoms with Gasteiger partial charge in [-0.2, -0.15) is 0 Å². The van der Waals surface area contributed by atoms with E-state index in [1.165, 1.54) is 12.1 Å². The summed E-state index contributed by atoms with van der Waals surface area (Å²) in [7, 11) is 0. The summed E-state index contributed by atoms with van der Waals surface area (Å²) in [6.45, 7) is 1.54. The fraction of sp³-hybridized carbons (Fsp3) is 0.100. The van der Waals surface area contributed by atoms with Crippen molar-refractivity contribution in [2.45, 2.75) is 12.8 Å². The molecular weight excluding hydrogens is 440 g/mol. The summed E-state index contributed by atoms with van der Waals surface area (Å²) >= 11 is 0. The van der Waals surface area contributed by atoms with Gasteiger partial charge < -0.3 is 9.47 Å². The third-order valence-electron chi connectivity index (χ3n) is 5.52. The van der Waals surface area contributed by atoms with Gasteiger partial charge in [-0.05, 0) is 54.4 Å². The summed E-state index contributed by atoms with van der Waals surface area (Å²) < 4.78 is 10.8. The van der Waals surface area contributed by atoms with Crippen LogP contribution in [0.25, 0.3) is 0 Å². The van der Waals surface area contributed by atoms with E-state index in [-0.39, 0.29) is 5.78 Å². The molecule has 5 heteroatoms. The van der Waals surface area contributed by atoms with Gasteiger partial charge in [0.05, 0.1) is 5.56 Å². The van der Waals surface area contributed by atoms with Crippen molar-refractivity contribution in [3.63, 3.8) is 0 Å². The third-order valence-corrected chi connectivity index (χ3v) is 5.52. The molecule has 0 unspecified atom stereocenters. The van der Waals surface area contributed by atoms with Gasteiger partial charge in [0, 0.05) is 5.56 Å². The van der Waals surface area contributed by atoms with Crippen LogP contribution < -0.4 is 4.74 Å². The van der Waals surface area contributed by atoms with E-state index in [9.17, 15) is 14.4 Å². The molecule has 0 bridgehead atoms. The minimum atomic E-state index is -0.631. The van der Waals surface area contributed by atoms with Crippen molar-refractivity contribution in [2.24, 2.45) is 0 Å². The molecule has 0 atom stereocenters. The van der Waals surface area contributed by atoms with E-state index in [0.29, 0.717) is 16.9 Å². The highest BCUT2D eigenvalue weighted by atomic mass is 16.5. The maximum Gasteiger partial charge on any atom is 0.343 e. The lowest BCUT2D eigenvalue weighted by Crippen LogP contribution is -2.21. The first-order chi connectivity index (χ1) is 17.0. The Morgan fingerprint density at radius 3 is 1.71 bits per heavy atom. The molecule has 0 N–H and O–H groups in total. The maximum absolute atomic E-state index is 13.0. The number of ether oxygens (including phenoxy) is 2. The molecule has 0 aliphatic carbocycles. The third kappa shape index (κ3) is 6.09. The molecule has 0 fully saturated rings. The number of ketones is 1. The normalized spacial score (nSPS) is 10.6. The van der Waals surface area contributed by atoms with E-state index in [2.05, 4.69) is 0 Å². The number of benzene rings is 4. The fourth-order valence-electron chi connectivity index (χ4n) is 3.62. The molecule has 0 spiro atoms. The summed E-state index contributed by atoms with van der Waals surface area (Å²) in [6, 6.07) is 31.8. The van der Waals surface area contributed by atoms with Gasteiger partial charge in [-0.15, -0.1) is 0 Å². The van der Waals surface area contributed by atoms with Gasteiger partial charge in [0.2, 0.25) is 0 Å². The van der Waals surface area contributed by atoms with Crippen molar-refractivity contribution in [2.75, 3.05) is 6.61 Å². The quantitative estimate of drug-likeness (QED) is 0.188. The lowest BCUT2D eigenvalue weighted by atomic mass is 9.91. The Morgan fingerprint density at radius 2 is 1.17 bits per heavy atom. The van der Waals surface area contributed by atoms with Crippen molar-refractivity contribution >= 4 is 17.7 Å². The van der Waals surface area contributed by atoms with E-state index in [1.807, 2.05) is 79.7 Å². The van der Waals surface area contributed by atoms with Crippen LogP contribution in [0.3, 0.4) is 0 Å². The average molecular weight is 465 g/mol. The number of hydrogen-bond acceptors (Lipinski definition) is 5. The Hall–Kier alpha value is -4.51. The highest BCUT2D eigenvalue weighted by Gasteiger charge is 2.25. The Kier molecular flexibility index (Phi) is 7.48. The van der Waals surface area contributed by atoms with Gasteiger partial charge in [-0.3, -0.25) is 9.59 Å². The fourth-order valence-corrected chi connectivity index (χ4v) is 3.62. The van der Waals surface area contributed by atoms with Crippen LogP contribution in [0.4, 0.5) is 0 Å². The molecular formula is C30H24O5. The van der Waals surface area contributed by atoms with Crippen molar-refractivity contribution in [3.05, 3.63) is 137 Å². The van der Waals surface area contributed by atoms with Crippen molar-refractivity contribution < 1.29 is 23.9 Å². The number of hydrogen-bond donors (Lipinski definition) is 0. The lowest BCUT2D eigenvalue weighted by Gasteiger charge is -2.17. The second-order valence-electron chi connectivity index (χ2n) is 8.07. The van der Waals surface area contributed by atoms with Crippen LogP contribution in [0, 0.1) is 6.92 Å². The predicted molar refractivity (Wildman–Crippen MR) is 133 cm³/mol. The van der Waals surface area contributed by atoms with Crippen LogP contribution in [-0.4, -0.2) is 24.3 Å². The zero-order valence-electron chi connectivity index (χ0n) is 19.2. The highest BCUT2D eigenvalue weighted by molar-refractivity contribution is 5.98. The van der Waals surface area contributed by atoms with Crippen LogP contribution in [0.15, 0.2) is 109 Å². The molecule has 0 radical (unpaired) electrons. The Balaban J connectivity index is 1.39. The molecule has 174 valence electrons. The Morgan fingerprint density at radius 1 is 0.657 bits per heavy atom. The number of esters is 2. The summed E-state index contributed by atoms with van der Waals surface area (Å²) in [6.07, 6.45) is 0. The van der Waals surface area contributed by atoms with Crippen LogP contribution >= 0.6 is 0 Å². The molecule has 5 nitrogen and oxygen atoms in total. The summed E-state index contributed by atoms with van der Waals surface area (Å²) in [4.78, 5) is 37.9. The lowest BCUT2D eigenvalue weighted by molar-refractivity contribution is -0.143. The number of rotatable bonds is 8. The van der Waals surface area contributed by atoms with Crippen LogP contribution in [0.1, 0.15) is 43.3 Å². The molecule has 0 amide bonds. The number of carbonyl (C=O) groups excluding carboxylic acids is 3. The number of aryl methyl sites for hydroxylation is 1. The first-order valence-corrected chi connectivity index (χ1v) is 11.2. The molecule has 4 aromatic rings. The zero-order valence-corrected chi connectivity index (χ0v) is 19.2. The Labute approximate surface area is 204 Å². The SMILES string of the molecule is Cc1ccc(C(=O)Oc2ccc(C(=O)COC(=O)C(c3ccccc3)c3ccccc3)cc2)cc1. The second-order valence-corrected chi connectivity index (χ2v) is 8.07. The predicted octanol–water partition coefficient (Wildman–Crippen LogP) is 5.77. The van der Waals surface area contributed by atoms with Gasteiger partial charge in [-0.1, -0.05) is 78.4 Å². The molecule has 35 heavy (non-hydrogen) atoms. The standard InChI is InChI=1S/C30H24O5/c1-21-12-14-25(15-13-21)29(32)35-26-18-16-22(17-19-26)27(31)20-34-30(33)28(23-8-4-2-5-9-23)24-10-6-3-7-11-24/h2-19,28H,20H2,1H3. The molecule has 0 saturated carbocycles. The Bertz CT molecular complexity index is 1260. The minimum Gasteiger partial charge on any atom is -0.457 e. The topological polar surface area (TPSA) is 69.7 Å². The van der Waals surface area contributed by atoms with E-state index < -0.39 is 24.5 Å². The minimum absolute atomic E-state index is 0.317. The molecule has 0 aliphatic heterocycles. The molecule has 0 saturated heterocycles. The van der Waals surface area contributed by atoms with Gasteiger partial charge in [0.25, 0.3) is 0 Å². The number of Topliss-reactive ketones (excluding diaryl/α,β-unsaturated/α-hetero) is 1. The van der Waals surface area contributed by atoms with Crippen molar-refractivity contribution in [1.29, 1.82) is 0 Å². The summed E-state index contributed by atoms with van der Waals surface area (Å²) in [5.74, 6) is -1.65. The van der Waals surface area contributed by atoms with E-state index >= 15 is 0 Å². The van der Waals surface area contributed by atoms with Gasteiger partial charge >= 0.3 is 11.9 Å². The molecule has 4 aromatic carbocycles. The smallest absolute Gasteiger partial charge is 0.343 e. The molecule has 4 rings (SSSR count). The molecule has 0 aromatic heterocycles. The largest absolute Gasteiger partial charge is 0.457 e. The van der Waals surface area contributed by atoms with E-state index in [1.54, 1.807) is 24.3 Å². The molecule has 0 aliphatic rings. The van der Waals surface area contributed by atoms with Gasteiger partial charge in [0.1, 0.15) is 11.7 Å². The van der Waals surface area contributed by atoms with Crippen LogP contribution in [0.5, 0.6) is 5.75 Å². The average Bonchev–Trinajstić information content (AvgIpc) is 2.89. The van der Waals surface area contributed by atoms with E-state index in [4.69, 9.17) is 9.47 Å².